The Bertz CT molecular complexity index is 479. The van der Waals surface area contributed by atoms with Crippen molar-refractivity contribution in [3.63, 3.8) is 0 Å². The maximum Gasteiger partial charge on any atom is 0.335 e. The average Bonchev–Trinajstić information content (AvgIpc) is 2.29. The number of carbonyl (C=O) groups is 1. The number of benzene rings is 1. The van der Waals surface area contributed by atoms with Gasteiger partial charge in [0, 0.05) is 5.56 Å². The third kappa shape index (κ3) is 1.78. The number of carboxylic acid groups (broad SMARTS) is 1. The van der Waals surface area contributed by atoms with Gasteiger partial charge in [0.2, 0.25) is 0 Å². The van der Waals surface area contributed by atoms with E-state index in [9.17, 15) is 4.79 Å². The lowest BCUT2D eigenvalue weighted by atomic mass is 10.1. The zero-order chi connectivity index (χ0) is 11.7. The third-order valence-corrected chi connectivity index (χ3v) is 3.12. The van der Waals surface area contributed by atoms with Crippen molar-refractivity contribution in [1.82, 2.24) is 0 Å². The molecular weight excluding hydrogens is 276 g/mol. The molecule has 0 radical (unpaired) electrons. The lowest BCUT2D eigenvalue weighted by Crippen LogP contribution is -2.14. The Hall–Kier alpha value is -1.49. The number of methoxy groups -OCH3 is 1. The maximum atomic E-state index is 10.8. The number of ether oxygens (including phenoxy) is 2. The van der Waals surface area contributed by atoms with Crippen LogP contribution in [0, 0.1) is 0 Å². The summed E-state index contributed by atoms with van der Waals surface area (Å²) in [6.45, 7) is 0.0844. The van der Waals surface area contributed by atoms with Crippen molar-refractivity contribution in [1.29, 1.82) is 0 Å². The van der Waals surface area contributed by atoms with E-state index in [1.807, 2.05) is 0 Å². The number of rotatable bonds is 2. The molecule has 0 bridgehead atoms. The molecule has 0 aliphatic carbocycles. The van der Waals surface area contributed by atoms with Gasteiger partial charge in [-0.25, -0.2) is 4.79 Å². The zero-order valence-electron chi connectivity index (χ0n) is 8.49. The van der Waals surface area contributed by atoms with Crippen molar-refractivity contribution in [2.24, 2.45) is 0 Å². The highest BCUT2D eigenvalue weighted by Gasteiger charge is 2.20. The SMILES string of the molecule is COc1ccc2c(c1Br)C=C(C(=O)O)CO2. The highest BCUT2D eigenvalue weighted by molar-refractivity contribution is 9.10. The Morgan fingerprint density at radius 2 is 2.31 bits per heavy atom. The molecule has 0 saturated carbocycles. The van der Waals surface area contributed by atoms with E-state index < -0.39 is 5.97 Å². The summed E-state index contributed by atoms with van der Waals surface area (Å²) in [5, 5.41) is 8.89. The number of fused-ring (bicyclic) bond motifs is 1. The molecule has 4 nitrogen and oxygen atoms in total. The predicted molar refractivity (Wildman–Crippen MR) is 61.8 cm³/mol. The third-order valence-electron chi connectivity index (χ3n) is 2.30. The lowest BCUT2D eigenvalue weighted by Gasteiger charge is -2.18. The van der Waals surface area contributed by atoms with Crippen LogP contribution in [-0.2, 0) is 4.79 Å². The summed E-state index contributed by atoms with van der Waals surface area (Å²) in [7, 11) is 1.55. The summed E-state index contributed by atoms with van der Waals surface area (Å²) in [5.41, 5.74) is 0.921. The van der Waals surface area contributed by atoms with E-state index in [0.717, 1.165) is 0 Å². The number of hydrogen-bond acceptors (Lipinski definition) is 3. The molecule has 16 heavy (non-hydrogen) atoms. The first-order valence-corrected chi connectivity index (χ1v) is 5.36. The molecule has 1 aliphatic heterocycles. The van der Waals surface area contributed by atoms with Gasteiger partial charge in [-0.15, -0.1) is 0 Å². The Morgan fingerprint density at radius 3 is 2.94 bits per heavy atom. The first-order valence-electron chi connectivity index (χ1n) is 4.56. The summed E-state index contributed by atoms with van der Waals surface area (Å²) in [6.07, 6.45) is 1.59. The molecule has 5 heteroatoms. The smallest absolute Gasteiger partial charge is 0.335 e. The van der Waals surface area contributed by atoms with Gasteiger partial charge in [-0.05, 0) is 34.1 Å². The van der Waals surface area contributed by atoms with Gasteiger partial charge < -0.3 is 14.6 Å². The molecular formula is C11H9BrO4. The minimum absolute atomic E-state index is 0.0844. The van der Waals surface area contributed by atoms with Crippen LogP contribution in [0.15, 0.2) is 22.2 Å². The minimum atomic E-state index is -0.972. The molecule has 0 spiro atoms. The van der Waals surface area contributed by atoms with Gasteiger partial charge in [0.25, 0.3) is 0 Å². The van der Waals surface area contributed by atoms with Crippen LogP contribution < -0.4 is 9.47 Å². The summed E-state index contributed by atoms with van der Waals surface area (Å²) in [6, 6.07) is 3.52. The predicted octanol–water partition coefficient (Wildman–Crippen LogP) is 2.32. The van der Waals surface area contributed by atoms with Gasteiger partial charge >= 0.3 is 5.97 Å². The molecule has 2 rings (SSSR count). The van der Waals surface area contributed by atoms with Crippen molar-refractivity contribution in [3.05, 3.63) is 27.7 Å². The normalized spacial score (nSPS) is 13.5. The molecule has 0 fully saturated rings. The van der Waals surface area contributed by atoms with Crippen LogP contribution in [0.1, 0.15) is 5.56 Å². The van der Waals surface area contributed by atoms with Crippen LogP contribution in [0.3, 0.4) is 0 Å². The van der Waals surface area contributed by atoms with E-state index in [1.165, 1.54) is 0 Å². The van der Waals surface area contributed by atoms with Gasteiger partial charge in [-0.3, -0.25) is 0 Å². The maximum absolute atomic E-state index is 10.8. The van der Waals surface area contributed by atoms with Gasteiger partial charge in [-0.2, -0.15) is 0 Å². The number of carboxylic acids is 1. The van der Waals surface area contributed by atoms with E-state index in [2.05, 4.69) is 15.9 Å². The second-order valence-electron chi connectivity index (χ2n) is 3.26. The highest BCUT2D eigenvalue weighted by Crippen LogP contribution is 2.38. The molecule has 1 aliphatic rings. The molecule has 1 aromatic carbocycles. The van der Waals surface area contributed by atoms with Gasteiger partial charge in [0.05, 0.1) is 17.2 Å². The summed E-state index contributed by atoms with van der Waals surface area (Å²) < 4.78 is 11.2. The van der Waals surface area contributed by atoms with Crippen molar-refractivity contribution >= 4 is 28.0 Å². The number of hydrogen-bond donors (Lipinski definition) is 1. The Morgan fingerprint density at radius 1 is 1.56 bits per heavy atom. The van der Waals surface area contributed by atoms with Crippen molar-refractivity contribution < 1.29 is 19.4 Å². The van der Waals surface area contributed by atoms with E-state index >= 15 is 0 Å². The topological polar surface area (TPSA) is 55.8 Å². The molecule has 0 atom stereocenters. The second-order valence-corrected chi connectivity index (χ2v) is 4.05. The van der Waals surface area contributed by atoms with Crippen molar-refractivity contribution in [2.75, 3.05) is 13.7 Å². The van der Waals surface area contributed by atoms with Crippen LogP contribution in [-0.4, -0.2) is 24.8 Å². The molecule has 0 saturated heterocycles. The van der Waals surface area contributed by atoms with Crippen LogP contribution in [0.4, 0.5) is 0 Å². The Balaban J connectivity index is 2.55. The summed E-state index contributed by atoms with van der Waals surface area (Å²) in [4.78, 5) is 10.8. The van der Waals surface area contributed by atoms with E-state index in [-0.39, 0.29) is 12.2 Å². The summed E-state index contributed by atoms with van der Waals surface area (Å²) in [5.74, 6) is 0.322. The molecule has 0 unspecified atom stereocenters. The van der Waals surface area contributed by atoms with Gasteiger partial charge in [0.15, 0.2) is 0 Å². The fourth-order valence-corrected chi connectivity index (χ4v) is 2.07. The van der Waals surface area contributed by atoms with E-state index in [4.69, 9.17) is 14.6 Å². The molecule has 0 aromatic heterocycles. The fourth-order valence-electron chi connectivity index (χ4n) is 1.47. The fraction of sp³-hybridized carbons (Fsp3) is 0.182. The van der Waals surface area contributed by atoms with Crippen molar-refractivity contribution in [3.8, 4) is 11.5 Å². The van der Waals surface area contributed by atoms with Crippen LogP contribution in [0.25, 0.3) is 6.08 Å². The molecule has 84 valence electrons. The monoisotopic (exact) mass is 284 g/mol. The van der Waals surface area contributed by atoms with Crippen LogP contribution in [0.2, 0.25) is 0 Å². The highest BCUT2D eigenvalue weighted by atomic mass is 79.9. The molecule has 1 heterocycles. The average molecular weight is 285 g/mol. The number of halogens is 1. The molecule has 1 aromatic rings. The van der Waals surface area contributed by atoms with Gasteiger partial charge in [-0.1, -0.05) is 0 Å². The van der Waals surface area contributed by atoms with E-state index in [0.29, 0.717) is 21.5 Å². The first kappa shape index (κ1) is 11.0. The number of aliphatic carboxylic acids is 1. The van der Waals surface area contributed by atoms with Gasteiger partial charge in [0.1, 0.15) is 18.1 Å². The van der Waals surface area contributed by atoms with E-state index in [1.54, 1.807) is 25.3 Å². The summed E-state index contributed by atoms with van der Waals surface area (Å²) >= 11 is 3.36. The first-order chi connectivity index (χ1) is 7.63. The lowest BCUT2D eigenvalue weighted by molar-refractivity contribution is -0.132. The van der Waals surface area contributed by atoms with Crippen molar-refractivity contribution in [2.45, 2.75) is 0 Å². The minimum Gasteiger partial charge on any atom is -0.496 e. The molecule has 1 N–H and O–H groups in total. The quantitative estimate of drug-likeness (QED) is 0.906. The molecule has 0 amide bonds. The zero-order valence-corrected chi connectivity index (χ0v) is 10.1. The largest absolute Gasteiger partial charge is 0.496 e. The van der Waals surface area contributed by atoms with Crippen LogP contribution >= 0.6 is 15.9 Å². The van der Waals surface area contributed by atoms with Crippen LogP contribution in [0.5, 0.6) is 11.5 Å². The standard InChI is InChI=1S/C11H9BrO4/c1-15-9-3-2-8-7(10(9)12)4-6(5-16-8)11(13)14/h2-4H,5H2,1H3,(H,13,14). The second kappa shape index (κ2) is 4.17. The Kier molecular flexibility index (Phi) is 2.87. The Labute approximate surface area is 101 Å².